The van der Waals surface area contributed by atoms with E-state index in [0.29, 0.717) is 6.04 Å². The monoisotopic (exact) mass is 382 g/mol. The average Bonchev–Trinajstić information content (AvgIpc) is 2.90. The molecule has 2 saturated heterocycles. The molecule has 3 fully saturated rings. The first-order chi connectivity index (χ1) is 13.5. The quantitative estimate of drug-likeness (QED) is 0.804. The number of carbonyl (C=O) groups is 1. The number of hydrogen-bond donors (Lipinski definition) is 0. The van der Waals surface area contributed by atoms with Crippen molar-refractivity contribution in [3.8, 4) is 0 Å². The molecule has 1 aromatic carbocycles. The lowest BCUT2D eigenvalue weighted by Crippen LogP contribution is -2.55. The molecule has 1 aliphatic carbocycles. The van der Waals surface area contributed by atoms with Gasteiger partial charge in [0.2, 0.25) is 5.91 Å². The number of para-hydroxylation sites is 1. The van der Waals surface area contributed by atoms with Gasteiger partial charge in [-0.05, 0) is 45.9 Å². The molecule has 1 unspecified atom stereocenters. The summed E-state index contributed by atoms with van der Waals surface area (Å²) in [4.78, 5) is 25.7. The van der Waals surface area contributed by atoms with Crippen molar-refractivity contribution in [3.05, 3.63) is 30.3 Å². The number of likely N-dealkylation sites (N-methyl/N-ethyl adjacent to an activating group) is 1. The number of anilines is 1. The summed E-state index contributed by atoms with van der Waals surface area (Å²) in [7, 11) is 2.18. The molecule has 0 N–H and O–H groups in total. The fraction of sp³-hybridized carbons (Fsp3) is 0.652. The van der Waals surface area contributed by atoms with Crippen LogP contribution in [0.4, 0.5) is 5.69 Å². The van der Waals surface area contributed by atoms with Crippen LogP contribution >= 0.6 is 0 Å². The molecule has 5 heteroatoms. The van der Waals surface area contributed by atoms with Crippen LogP contribution in [-0.4, -0.2) is 66.9 Å². The van der Waals surface area contributed by atoms with Crippen LogP contribution in [0.25, 0.3) is 0 Å². The first-order valence-corrected chi connectivity index (χ1v) is 10.9. The second-order valence-corrected chi connectivity index (χ2v) is 9.22. The Kier molecular flexibility index (Phi) is 5.57. The Morgan fingerprint density at radius 1 is 0.964 bits per heavy atom. The van der Waals surface area contributed by atoms with Crippen molar-refractivity contribution in [1.82, 2.24) is 9.80 Å². The van der Waals surface area contributed by atoms with Crippen molar-refractivity contribution in [1.29, 1.82) is 0 Å². The van der Waals surface area contributed by atoms with Crippen molar-refractivity contribution < 1.29 is 4.79 Å². The highest BCUT2D eigenvalue weighted by atomic mass is 16.2. The Balaban J connectivity index is 1.75. The van der Waals surface area contributed by atoms with E-state index in [1.165, 1.54) is 19.3 Å². The van der Waals surface area contributed by atoms with Gasteiger partial charge in [0.05, 0.1) is 23.2 Å². The third kappa shape index (κ3) is 3.62. The van der Waals surface area contributed by atoms with E-state index in [1.807, 2.05) is 35.2 Å². The highest BCUT2D eigenvalue weighted by Gasteiger charge is 2.55. The van der Waals surface area contributed by atoms with Gasteiger partial charge in [0.25, 0.3) is 0 Å². The van der Waals surface area contributed by atoms with E-state index >= 15 is 0 Å². The topological polar surface area (TPSA) is 39.1 Å². The molecule has 152 valence electrons. The minimum Gasteiger partial charge on any atom is -0.304 e. The summed E-state index contributed by atoms with van der Waals surface area (Å²) in [6, 6.07) is 10.5. The highest BCUT2D eigenvalue weighted by molar-refractivity contribution is 6.27. The van der Waals surface area contributed by atoms with E-state index in [1.54, 1.807) is 0 Å². The average molecular weight is 383 g/mol. The number of carbonyl (C=O) groups excluding carboxylic acids is 1. The maximum atomic E-state index is 13.6. The summed E-state index contributed by atoms with van der Waals surface area (Å²) in [5, 5.41) is 0. The van der Waals surface area contributed by atoms with Crippen LogP contribution in [0.2, 0.25) is 0 Å². The standard InChI is InChI=1S/C23H34N4O/c1-23(2)20(26-16-14-25(3)15-17-26)21(24-18-10-6-4-7-11-18)27(22(23)28)19-12-8-5-9-13-19/h5,8-9,12-13,18,20H,4,6-7,10-11,14-17H2,1-3H3. The van der Waals surface area contributed by atoms with E-state index in [-0.39, 0.29) is 11.9 Å². The lowest BCUT2D eigenvalue weighted by molar-refractivity contribution is -0.126. The molecule has 1 amide bonds. The molecule has 0 radical (unpaired) electrons. The molecule has 2 heterocycles. The van der Waals surface area contributed by atoms with Gasteiger partial charge in [-0.15, -0.1) is 0 Å². The van der Waals surface area contributed by atoms with E-state index in [2.05, 4.69) is 30.7 Å². The number of amides is 1. The van der Waals surface area contributed by atoms with Gasteiger partial charge in [-0.2, -0.15) is 0 Å². The Bertz CT molecular complexity index is 715. The maximum absolute atomic E-state index is 13.6. The van der Waals surface area contributed by atoms with Gasteiger partial charge in [-0.1, -0.05) is 37.5 Å². The Morgan fingerprint density at radius 3 is 2.25 bits per heavy atom. The molecule has 28 heavy (non-hydrogen) atoms. The molecule has 1 aromatic rings. The largest absolute Gasteiger partial charge is 0.304 e. The molecule has 4 rings (SSSR count). The molecule has 0 spiro atoms. The predicted octanol–water partition coefficient (Wildman–Crippen LogP) is 3.41. The minimum atomic E-state index is -0.473. The van der Waals surface area contributed by atoms with Gasteiger partial charge in [-0.3, -0.25) is 19.6 Å². The third-order valence-electron chi connectivity index (χ3n) is 6.72. The minimum absolute atomic E-state index is 0.0517. The molecule has 2 aliphatic heterocycles. The summed E-state index contributed by atoms with van der Waals surface area (Å²) in [5.74, 6) is 1.16. The molecule has 5 nitrogen and oxygen atoms in total. The van der Waals surface area contributed by atoms with Gasteiger partial charge in [0.1, 0.15) is 5.84 Å². The molecule has 0 bridgehead atoms. The number of benzene rings is 1. The van der Waals surface area contributed by atoms with E-state index < -0.39 is 5.41 Å². The van der Waals surface area contributed by atoms with Crippen molar-refractivity contribution >= 4 is 17.4 Å². The molecular formula is C23H34N4O. The van der Waals surface area contributed by atoms with Gasteiger partial charge < -0.3 is 4.90 Å². The van der Waals surface area contributed by atoms with Gasteiger partial charge in [-0.25, -0.2) is 0 Å². The smallest absolute Gasteiger partial charge is 0.240 e. The van der Waals surface area contributed by atoms with E-state index in [9.17, 15) is 4.79 Å². The SMILES string of the molecule is CN1CCN(C2C(=NC3CCCCC3)N(c3ccccc3)C(=O)C2(C)C)CC1. The number of aliphatic imine (C=N–C) groups is 1. The van der Waals surface area contributed by atoms with Crippen molar-refractivity contribution in [2.24, 2.45) is 10.4 Å². The predicted molar refractivity (Wildman–Crippen MR) is 115 cm³/mol. The number of hydrogen-bond acceptors (Lipinski definition) is 4. The fourth-order valence-electron chi connectivity index (χ4n) is 5.01. The van der Waals surface area contributed by atoms with Crippen LogP contribution < -0.4 is 4.90 Å². The molecule has 3 aliphatic rings. The fourth-order valence-corrected chi connectivity index (χ4v) is 5.01. The van der Waals surface area contributed by atoms with Crippen LogP contribution in [0, 0.1) is 5.41 Å². The Morgan fingerprint density at radius 2 is 1.61 bits per heavy atom. The number of amidine groups is 1. The third-order valence-corrected chi connectivity index (χ3v) is 6.72. The van der Waals surface area contributed by atoms with Crippen molar-refractivity contribution in [2.75, 3.05) is 38.1 Å². The molecule has 0 aromatic heterocycles. The second-order valence-electron chi connectivity index (χ2n) is 9.22. The Labute approximate surface area is 169 Å². The van der Waals surface area contributed by atoms with Crippen molar-refractivity contribution in [2.45, 2.75) is 58.0 Å². The maximum Gasteiger partial charge on any atom is 0.240 e. The highest BCUT2D eigenvalue weighted by Crippen LogP contribution is 2.40. The zero-order valence-corrected chi connectivity index (χ0v) is 17.6. The molecule has 1 atom stereocenters. The zero-order valence-electron chi connectivity index (χ0n) is 17.6. The summed E-state index contributed by atoms with van der Waals surface area (Å²) in [5.41, 5.74) is 0.478. The van der Waals surface area contributed by atoms with Crippen LogP contribution in [0.5, 0.6) is 0 Å². The van der Waals surface area contributed by atoms with E-state index in [0.717, 1.165) is 50.5 Å². The second kappa shape index (κ2) is 7.96. The normalized spacial score (nSPS) is 29.0. The van der Waals surface area contributed by atoms with Crippen LogP contribution in [0.3, 0.4) is 0 Å². The summed E-state index contributed by atoms with van der Waals surface area (Å²) >= 11 is 0. The summed E-state index contributed by atoms with van der Waals surface area (Å²) in [6.45, 7) is 8.29. The van der Waals surface area contributed by atoms with Gasteiger partial charge in [0, 0.05) is 26.2 Å². The lowest BCUT2D eigenvalue weighted by Gasteiger charge is -2.40. The first-order valence-electron chi connectivity index (χ1n) is 10.9. The number of piperazine rings is 1. The Hall–Kier alpha value is -1.72. The first kappa shape index (κ1) is 19.6. The van der Waals surface area contributed by atoms with Crippen molar-refractivity contribution in [3.63, 3.8) is 0 Å². The van der Waals surface area contributed by atoms with Crippen LogP contribution in [0.15, 0.2) is 35.3 Å². The van der Waals surface area contributed by atoms with E-state index in [4.69, 9.17) is 4.99 Å². The van der Waals surface area contributed by atoms with Gasteiger partial charge >= 0.3 is 0 Å². The summed E-state index contributed by atoms with van der Waals surface area (Å²) in [6.07, 6.45) is 6.12. The zero-order chi connectivity index (χ0) is 19.7. The van der Waals surface area contributed by atoms with Gasteiger partial charge in [0.15, 0.2) is 0 Å². The lowest BCUT2D eigenvalue weighted by atomic mass is 9.85. The summed E-state index contributed by atoms with van der Waals surface area (Å²) < 4.78 is 0. The number of nitrogens with zero attached hydrogens (tertiary/aromatic N) is 4. The van der Waals surface area contributed by atoms with Crippen LogP contribution in [0.1, 0.15) is 46.0 Å². The molecular weight excluding hydrogens is 348 g/mol. The number of rotatable bonds is 3. The molecule has 1 saturated carbocycles. The van der Waals surface area contributed by atoms with Crippen LogP contribution in [-0.2, 0) is 4.79 Å².